The molecule has 0 saturated heterocycles. The second-order valence-electron chi connectivity index (χ2n) is 8.05. The predicted molar refractivity (Wildman–Crippen MR) is 90.4 cm³/mol. The predicted octanol–water partition coefficient (Wildman–Crippen LogP) is 4.15. The summed E-state index contributed by atoms with van der Waals surface area (Å²) < 4.78 is 0. The number of rotatable bonds is 0. The van der Waals surface area contributed by atoms with Crippen molar-refractivity contribution in [2.75, 3.05) is 0 Å². The van der Waals surface area contributed by atoms with Crippen molar-refractivity contribution >= 4 is 0 Å². The van der Waals surface area contributed by atoms with Gasteiger partial charge in [0.25, 0.3) is 0 Å². The van der Waals surface area contributed by atoms with Gasteiger partial charge in [-0.25, -0.2) is 0 Å². The van der Waals surface area contributed by atoms with E-state index in [2.05, 4.69) is 33.4 Å². The van der Waals surface area contributed by atoms with Crippen molar-refractivity contribution in [3.05, 3.63) is 34.9 Å². The van der Waals surface area contributed by atoms with E-state index >= 15 is 0 Å². The van der Waals surface area contributed by atoms with Crippen molar-refractivity contribution in [2.45, 2.75) is 71.5 Å². The van der Waals surface area contributed by atoms with Crippen molar-refractivity contribution < 1.29 is 10.2 Å². The first-order chi connectivity index (χ1) is 10.4. The highest BCUT2D eigenvalue weighted by Gasteiger charge is 2.55. The van der Waals surface area contributed by atoms with E-state index in [1.54, 1.807) is 0 Å². The Labute approximate surface area is 134 Å². The first-order valence-corrected chi connectivity index (χ1v) is 8.80. The molecular weight excluding hydrogens is 272 g/mol. The van der Waals surface area contributed by atoms with Gasteiger partial charge in [-0.3, -0.25) is 0 Å². The zero-order chi connectivity index (χ0) is 16.1. The van der Waals surface area contributed by atoms with Crippen molar-refractivity contribution in [3.8, 4) is 0 Å². The third kappa shape index (κ3) is 2.32. The van der Waals surface area contributed by atoms with Crippen LogP contribution in [0.5, 0.6) is 0 Å². The van der Waals surface area contributed by atoms with Crippen LogP contribution in [0.25, 0.3) is 0 Å². The smallest absolute Gasteiger partial charge is 0.105 e. The summed E-state index contributed by atoms with van der Waals surface area (Å²) in [4.78, 5) is 0. The molecule has 122 valence electrons. The molecule has 0 unspecified atom stereocenters. The first kappa shape index (κ1) is 16.0. The normalized spacial score (nSPS) is 43.0. The molecule has 0 aromatic carbocycles. The maximum atomic E-state index is 10.8. The zero-order valence-electron chi connectivity index (χ0n) is 14.2. The van der Waals surface area contributed by atoms with Gasteiger partial charge in [0.15, 0.2) is 0 Å². The minimum atomic E-state index is -0.777. The van der Waals surface area contributed by atoms with E-state index in [9.17, 15) is 10.2 Å². The quantitative estimate of drug-likeness (QED) is 0.660. The van der Waals surface area contributed by atoms with Crippen molar-refractivity contribution in [3.63, 3.8) is 0 Å². The Balaban J connectivity index is 2.12. The van der Waals surface area contributed by atoms with Gasteiger partial charge in [0.1, 0.15) is 6.10 Å². The Morgan fingerprint density at radius 3 is 2.73 bits per heavy atom. The van der Waals surface area contributed by atoms with E-state index in [4.69, 9.17) is 0 Å². The fraction of sp³-hybridized carbons (Fsp3) is 0.700. The van der Waals surface area contributed by atoms with Gasteiger partial charge in [0.2, 0.25) is 0 Å². The molecule has 5 atom stereocenters. The summed E-state index contributed by atoms with van der Waals surface area (Å²) in [5.41, 5.74) is 4.67. The Bertz CT molecular complexity index is 542. The first-order valence-electron chi connectivity index (χ1n) is 8.80. The number of hydrogen-bond acceptors (Lipinski definition) is 2. The second-order valence-corrected chi connectivity index (χ2v) is 8.05. The molecule has 3 aliphatic rings. The molecule has 0 heterocycles. The zero-order valence-corrected chi connectivity index (χ0v) is 14.2. The molecular formula is C20H30O2. The maximum Gasteiger partial charge on any atom is 0.105 e. The van der Waals surface area contributed by atoms with Crippen LogP contribution in [0.1, 0.15) is 59.3 Å². The Hall–Kier alpha value is -0.860. The lowest BCUT2D eigenvalue weighted by Gasteiger charge is -2.46. The fourth-order valence-electron chi connectivity index (χ4n) is 4.94. The topological polar surface area (TPSA) is 40.5 Å². The molecule has 0 radical (unpaired) electrons. The molecule has 2 heteroatoms. The van der Waals surface area contributed by atoms with Gasteiger partial charge in [-0.15, -0.1) is 0 Å². The van der Waals surface area contributed by atoms with Gasteiger partial charge in [0.05, 0.1) is 6.10 Å². The molecule has 3 aliphatic carbocycles. The van der Waals surface area contributed by atoms with E-state index in [1.165, 1.54) is 24.0 Å². The summed E-state index contributed by atoms with van der Waals surface area (Å²) in [6.45, 7) is 11.0. The molecule has 2 bridgehead atoms. The number of fused-ring (bicyclic) bond motifs is 1. The summed E-state index contributed by atoms with van der Waals surface area (Å²) in [6, 6.07) is 0. The average Bonchev–Trinajstić information content (AvgIpc) is 2.83. The van der Waals surface area contributed by atoms with Crippen LogP contribution in [-0.2, 0) is 0 Å². The molecule has 2 nitrogen and oxygen atoms in total. The lowest BCUT2D eigenvalue weighted by atomic mass is 9.61. The molecule has 2 fully saturated rings. The van der Waals surface area contributed by atoms with Gasteiger partial charge < -0.3 is 10.2 Å². The molecule has 0 aromatic rings. The van der Waals surface area contributed by atoms with Crippen molar-refractivity contribution in [1.29, 1.82) is 0 Å². The van der Waals surface area contributed by atoms with Crippen LogP contribution in [0.15, 0.2) is 34.9 Å². The monoisotopic (exact) mass is 302 g/mol. The minimum absolute atomic E-state index is 0.213. The van der Waals surface area contributed by atoms with Crippen LogP contribution in [0, 0.1) is 17.3 Å². The lowest BCUT2D eigenvalue weighted by molar-refractivity contribution is -0.0636. The average molecular weight is 302 g/mol. The van der Waals surface area contributed by atoms with Crippen molar-refractivity contribution in [1.82, 2.24) is 0 Å². The standard InChI is InChI=1S/C20H30O2/c1-12-6-5-7-13(2)15-10-11-20(4)17(15)14(3)16(9-8-12)18(21)19(20)22/h9,12,17-19,21-22H,3,5-8,10-11H2,1-2,4H3/t12-,17+,18+,19-,20-/m0/s1. The molecule has 2 N–H and O–H groups in total. The van der Waals surface area contributed by atoms with Gasteiger partial charge >= 0.3 is 0 Å². The van der Waals surface area contributed by atoms with Crippen LogP contribution < -0.4 is 0 Å². The summed E-state index contributed by atoms with van der Waals surface area (Å²) in [7, 11) is 0. The highest BCUT2D eigenvalue weighted by Crippen LogP contribution is 2.58. The summed E-state index contributed by atoms with van der Waals surface area (Å²) >= 11 is 0. The Morgan fingerprint density at radius 2 is 2.00 bits per heavy atom. The highest BCUT2D eigenvalue weighted by atomic mass is 16.3. The van der Waals surface area contributed by atoms with Crippen LogP contribution in [0.2, 0.25) is 0 Å². The third-order valence-electron chi connectivity index (χ3n) is 6.49. The van der Waals surface area contributed by atoms with E-state index in [-0.39, 0.29) is 11.3 Å². The summed E-state index contributed by atoms with van der Waals surface area (Å²) in [5, 5.41) is 21.4. The molecule has 3 rings (SSSR count). The van der Waals surface area contributed by atoms with Crippen molar-refractivity contribution in [2.24, 2.45) is 17.3 Å². The fourth-order valence-corrected chi connectivity index (χ4v) is 4.94. The SMILES string of the molecule is C=C1C2=CC[C@@H](C)CCCC(C)=C3CC[C@@](C)([C@H]13)[C@@H](O)[C@@H]2O. The largest absolute Gasteiger partial charge is 0.389 e. The number of hydrogen-bond donors (Lipinski definition) is 2. The third-order valence-corrected chi connectivity index (χ3v) is 6.49. The van der Waals surface area contributed by atoms with Gasteiger partial charge in [-0.05, 0) is 56.1 Å². The summed E-state index contributed by atoms with van der Waals surface area (Å²) in [5.74, 6) is 0.833. The van der Waals surface area contributed by atoms with Gasteiger partial charge in [-0.2, -0.15) is 0 Å². The van der Waals surface area contributed by atoms with E-state index in [0.717, 1.165) is 36.8 Å². The number of allylic oxidation sites excluding steroid dienone is 3. The second kappa shape index (κ2) is 5.65. The van der Waals surface area contributed by atoms with Crippen LogP contribution in [0.3, 0.4) is 0 Å². The lowest BCUT2D eigenvalue weighted by Crippen LogP contribution is -2.50. The number of aliphatic hydroxyl groups excluding tert-OH is 2. The Kier molecular flexibility index (Phi) is 4.11. The molecule has 2 saturated carbocycles. The van der Waals surface area contributed by atoms with Gasteiger partial charge in [-0.1, -0.05) is 44.1 Å². The van der Waals surface area contributed by atoms with E-state index in [0.29, 0.717) is 5.92 Å². The van der Waals surface area contributed by atoms with Crippen LogP contribution >= 0.6 is 0 Å². The van der Waals surface area contributed by atoms with Gasteiger partial charge in [0, 0.05) is 11.3 Å². The van der Waals surface area contributed by atoms with Crippen LogP contribution in [-0.4, -0.2) is 22.4 Å². The minimum Gasteiger partial charge on any atom is -0.389 e. The van der Waals surface area contributed by atoms with E-state index in [1.807, 2.05) is 0 Å². The molecule has 0 aromatic heterocycles. The molecule has 0 spiro atoms. The Morgan fingerprint density at radius 1 is 1.27 bits per heavy atom. The van der Waals surface area contributed by atoms with E-state index < -0.39 is 12.2 Å². The molecule has 22 heavy (non-hydrogen) atoms. The van der Waals surface area contributed by atoms with Crippen LogP contribution in [0.4, 0.5) is 0 Å². The molecule has 0 amide bonds. The highest BCUT2D eigenvalue weighted by molar-refractivity contribution is 5.47. The number of aliphatic hydroxyl groups is 2. The summed E-state index contributed by atoms with van der Waals surface area (Å²) in [6.07, 6.45) is 7.27. The molecule has 0 aliphatic heterocycles. The maximum absolute atomic E-state index is 10.8.